The van der Waals surface area contributed by atoms with Crippen LogP contribution in [0.5, 0.6) is 0 Å². The van der Waals surface area contributed by atoms with Gasteiger partial charge in [-0.2, -0.15) is 10.1 Å². The van der Waals surface area contributed by atoms with E-state index in [2.05, 4.69) is 25.2 Å². The molecule has 2 aliphatic rings. The molecule has 0 spiro atoms. The fraction of sp³-hybridized carbons (Fsp3) is 0.308. The SMILES string of the molecule is COC1=CC2=NC(CSc3ncn[nH]3)=NC(=O)C2=CC1OC. The maximum Gasteiger partial charge on any atom is 0.280 e. The third-order valence-electron chi connectivity index (χ3n) is 3.08. The highest BCUT2D eigenvalue weighted by Gasteiger charge is 2.28. The number of aromatic nitrogens is 3. The van der Waals surface area contributed by atoms with Gasteiger partial charge < -0.3 is 9.47 Å². The molecule has 1 unspecified atom stereocenters. The third kappa shape index (κ3) is 2.85. The molecule has 0 saturated carbocycles. The Morgan fingerprint density at radius 3 is 2.91 bits per heavy atom. The molecule has 0 bridgehead atoms. The van der Waals surface area contributed by atoms with E-state index in [0.29, 0.717) is 33.8 Å². The molecule has 9 heteroatoms. The van der Waals surface area contributed by atoms with Crippen molar-refractivity contribution < 1.29 is 14.3 Å². The topological polar surface area (TPSA) is 102 Å². The number of thioether (sulfide) groups is 1. The highest BCUT2D eigenvalue weighted by atomic mass is 32.2. The normalized spacial score (nSPS) is 20.6. The van der Waals surface area contributed by atoms with Crippen molar-refractivity contribution in [1.29, 1.82) is 0 Å². The number of amidine groups is 1. The fourth-order valence-corrected chi connectivity index (χ4v) is 2.68. The van der Waals surface area contributed by atoms with Crippen molar-refractivity contribution in [2.75, 3.05) is 20.0 Å². The molecule has 3 rings (SSSR count). The molecule has 8 nitrogen and oxygen atoms in total. The number of carbonyl (C=O) groups is 1. The van der Waals surface area contributed by atoms with E-state index in [0.717, 1.165) is 0 Å². The maximum absolute atomic E-state index is 12.1. The van der Waals surface area contributed by atoms with Crippen LogP contribution in [-0.4, -0.2) is 58.7 Å². The van der Waals surface area contributed by atoms with E-state index in [4.69, 9.17) is 9.47 Å². The quantitative estimate of drug-likeness (QED) is 0.804. The summed E-state index contributed by atoms with van der Waals surface area (Å²) in [4.78, 5) is 24.5. The first-order valence-electron chi connectivity index (χ1n) is 6.40. The summed E-state index contributed by atoms with van der Waals surface area (Å²) >= 11 is 1.37. The predicted molar refractivity (Wildman–Crippen MR) is 81.0 cm³/mol. The van der Waals surface area contributed by atoms with Crippen molar-refractivity contribution in [3.05, 3.63) is 29.8 Å². The van der Waals surface area contributed by atoms with Crippen LogP contribution in [0.3, 0.4) is 0 Å². The number of allylic oxidation sites excluding steroid dienone is 1. The van der Waals surface area contributed by atoms with Gasteiger partial charge in [-0.25, -0.2) is 9.98 Å². The van der Waals surface area contributed by atoms with E-state index in [-0.39, 0.29) is 5.91 Å². The molecule has 0 saturated heterocycles. The van der Waals surface area contributed by atoms with E-state index < -0.39 is 6.10 Å². The summed E-state index contributed by atoms with van der Waals surface area (Å²) in [7, 11) is 3.10. The Balaban J connectivity index is 1.81. The van der Waals surface area contributed by atoms with Crippen LogP contribution in [0.25, 0.3) is 0 Å². The molecule has 1 amide bonds. The number of H-pyrrole nitrogens is 1. The Morgan fingerprint density at radius 1 is 1.36 bits per heavy atom. The highest BCUT2D eigenvalue weighted by Crippen LogP contribution is 2.23. The first-order valence-corrected chi connectivity index (χ1v) is 7.39. The largest absolute Gasteiger partial charge is 0.498 e. The average molecular weight is 319 g/mol. The van der Waals surface area contributed by atoms with E-state index in [1.54, 1.807) is 26.4 Å². The van der Waals surface area contributed by atoms with Crippen LogP contribution in [0.1, 0.15) is 0 Å². The van der Waals surface area contributed by atoms with Crippen LogP contribution < -0.4 is 0 Å². The minimum atomic E-state index is -0.400. The van der Waals surface area contributed by atoms with Crippen molar-refractivity contribution >= 4 is 29.2 Å². The predicted octanol–water partition coefficient (Wildman–Crippen LogP) is 0.762. The molecule has 1 N–H and O–H groups in total. The number of fused-ring (bicyclic) bond motifs is 1. The van der Waals surface area contributed by atoms with Crippen LogP contribution in [-0.2, 0) is 14.3 Å². The summed E-state index contributed by atoms with van der Waals surface area (Å²) in [6, 6.07) is 0. The summed E-state index contributed by atoms with van der Waals surface area (Å²) in [5.74, 6) is 1.12. The Bertz CT molecular complexity index is 705. The molecule has 1 aromatic heterocycles. The summed E-state index contributed by atoms with van der Waals surface area (Å²) < 4.78 is 10.5. The van der Waals surface area contributed by atoms with Crippen molar-refractivity contribution in [1.82, 2.24) is 15.2 Å². The standard InChI is InChI=1S/C13H13N5O3S/c1-20-9-3-7-8(4-10(9)21-2)16-11(17-12(7)19)5-22-13-14-6-15-18-13/h3-4,6,9H,5H2,1-2H3,(H,14,15,18). The fourth-order valence-electron chi connectivity index (χ4n) is 2.05. The van der Waals surface area contributed by atoms with Crippen LogP contribution in [0.4, 0.5) is 0 Å². The lowest BCUT2D eigenvalue weighted by molar-refractivity contribution is -0.114. The molecule has 1 aromatic rings. The lowest BCUT2D eigenvalue weighted by Gasteiger charge is -2.22. The Kier molecular flexibility index (Phi) is 4.16. The van der Waals surface area contributed by atoms with E-state index >= 15 is 0 Å². The number of hydrogen-bond acceptors (Lipinski definition) is 7. The van der Waals surface area contributed by atoms with Gasteiger partial charge in [-0.1, -0.05) is 11.8 Å². The number of carbonyl (C=O) groups excluding carboxylic acids is 1. The Hall–Kier alpha value is -2.26. The number of hydrogen-bond donors (Lipinski definition) is 1. The second kappa shape index (κ2) is 6.24. The molecule has 0 radical (unpaired) electrons. The minimum Gasteiger partial charge on any atom is -0.498 e. The number of nitrogens with zero attached hydrogens (tertiary/aromatic N) is 4. The van der Waals surface area contributed by atoms with Crippen molar-refractivity contribution in [3.8, 4) is 0 Å². The number of ether oxygens (including phenoxy) is 2. The van der Waals surface area contributed by atoms with Gasteiger partial charge in [0.1, 0.15) is 24.0 Å². The van der Waals surface area contributed by atoms with Gasteiger partial charge >= 0.3 is 0 Å². The summed E-state index contributed by atoms with van der Waals surface area (Å²) in [5, 5.41) is 7.13. The summed E-state index contributed by atoms with van der Waals surface area (Å²) in [6.07, 6.45) is 4.39. The van der Waals surface area contributed by atoms with Crippen molar-refractivity contribution in [3.63, 3.8) is 0 Å². The molecule has 22 heavy (non-hydrogen) atoms. The van der Waals surface area contributed by atoms with Gasteiger partial charge in [0, 0.05) is 13.2 Å². The Morgan fingerprint density at radius 2 is 2.23 bits per heavy atom. The van der Waals surface area contributed by atoms with Gasteiger partial charge in [0.2, 0.25) is 0 Å². The van der Waals surface area contributed by atoms with E-state index in [9.17, 15) is 4.79 Å². The molecule has 2 heterocycles. The minimum absolute atomic E-state index is 0.327. The third-order valence-corrected chi connectivity index (χ3v) is 3.96. The second-order valence-electron chi connectivity index (χ2n) is 4.40. The van der Waals surface area contributed by atoms with Crippen LogP contribution in [0, 0.1) is 0 Å². The first kappa shape index (κ1) is 14.7. The monoisotopic (exact) mass is 319 g/mol. The number of rotatable bonds is 5. The van der Waals surface area contributed by atoms with E-state index in [1.165, 1.54) is 18.1 Å². The van der Waals surface area contributed by atoms with Crippen LogP contribution in [0.2, 0.25) is 0 Å². The van der Waals surface area contributed by atoms with Crippen molar-refractivity contribution in [2.24, 2.45) is 9.98 Å². The number of amides is 1. The smallest absolute Gasteiger partial charge is 0.280 e. The molecule has 114 valence electrons. The second-order valence-corrected chi connectivity index (χ2v) is 5.36. The van der Waals surface area contributed by atoms with Gasteiger partial charge in [-0.15, -0.1) is 0 Å². The van der Waals surface area contributed by atoms with Gasteiger partial charge in [0.15, 0.2) is 5.16 Å². The molecular weight excluding hydrogens is 306 g/mol. The lowest BCUT2D eigenvalue weighted by Crippen LogP contribution is -2.27. The van der Waals surface area contributed by atoms with Gasteiger partial charge in [0.25, 0.3) is 5.91 Å². The van der Waals surface area contributed by atoms with Crippen LogP contribution in [0.15, 0.2) is 45.0 Å². The molecule has 1 atom stereocenters. The zero-order valence-electron chi connectivity index (χ0n) is 11.9. The molecule has 0 fully saturated rings. The molecule has 0 aromatic carbocycles. The molecule has 1 aliphatic carbocycles. The summed E-state index contributed by atoms with van der Waals surface area (Å²) in [6.45, 7) is 0. The van der Waals surface area contributed by atoms with Crippen LogP contribution >= 0.6 is 11.8 Å². The lowest BCUT2D eigenvalue weighted by atomic mass is 9.99. The number of nitrogens with one attached hydrogen (secondary N) is 1. The molecular formula is C13H13N5O3S. The first-order chi connectivity index (χ1) is 10.7. The average Bonchev–Trinajstić information content (AvgIpc) is 3.05. The zero-order valence-corrected chi connectivity index (χ0v) is 12.8. The van der Waals surface area contributed by atoms with Gasteiger partial charge in [-0.05, 0) is 6.08 Å². The number of aromatic amines is 1. The van der Waals surface area contributed by atoms with Gasteiger partial charge in [-0.3, -0.25) is 9.89 Å². The number of aliphatic imine (C=N–C) groups is 2. The van der Waals surface area contributed by atoms with E-state index in [1.807, 2.05) is 0 Å². The summed E-state index contributed by atoms with van der Waals surface area (Å²) in [5.41, 5.74) is 0.972. The molecule has 1 aliphatic heterocycles. The Labute approximate surface area is 130 Å². The number of methoxy groups -OCH3 is 2. The highest BCUT2D eigenvalue weighted by molar-refractivity contribution is 7.99. The maximum atomic E-state index is 12.1. The van der Waals surface area contributed by atoms with Gasteiger partial charge in [0.05, 0.1) is 24.1 Å². The zero-order chi connectivity index (χ0) is 15.5. The van der Waals surface area contributed by atoms with Crippen molar-refractivity contribution in [2.45, 2.75) is 11.3 Å².